The molecule has 0 heterocycles. The number of amides is 1. The fourth-order valence-electron chi connectivity index (χ4n) is 0.415. The van der Waals surface area contributed by atoms with Crippen LogP contribution in [0.15, 0.2) is 0 Å². The van der Waals surface area contributed by atoms with Crippen molar-refractivity contribution in [3.63, 3.8) is 0 Å². The minimum absolute atomic E-state index is 0. The molecule has 0 unspecified atom stereocenters. The number of nitrogens with one attached hydrogen (secondary N) is 1. The van der Waals surface area contributed by atoms with Crippen molar-refractivity contribution in [2.75, 3.05) is 18.8 Å². The van der Waals surface area contributed by atoms with Crippen LogP contribution in [-0.4, -0.2) is 24.7 Å². The lowest BCUT2D eigenvalue weighted by Crippen LogP contribution is -2.27. The predicted octanol–water partition coefficient (Wildman–Crippen LogP) is -0.197. The summed E-state index contributed by atoms with van der Waals surface area (Å²) in [5, 5.41) is 2.64. The van der Waals surface area contributed by atoms with Crippen molar-refractivity contribution in [3.8, 4) is 0 Å². The van der Waals surface area contributed by atoms with Crippen molar-refractivity contribution in [2.45, 2.75) is 6.42 Å². The Balaban J connectivity index is 0. The van der Waals surface area contributed by atoms with Crippen LogP contribution in [0.25, 0.3) is 0 Å². The highest BCUT2D eigenvalue weighted by Crippen LogP contribution is 1.74. The Morgan fingerprint density at radius 2 is 2.20 bits per heavy atom. The molecule has 10 heavy (non-hydrogen) atoms. The highest BCUT2D eigenvalue weighted by atomic mass is 35.5. The zero-order valence-corrected chi connectivity index (χ0v) is 7.38. The third kappa shape index (κ3) is 8.07. The zero-order valence-electron chi connectivity index (χ0n) is 5.67. The number of rotatable bonds is 4. The van der Waals surface area contributed by atoms with E-state index < -0.39 is 0 Å². The molecule has 3 N–H and O–H groups in total. The molecule has 0 bridgehead atoms. The molecule has 0 atom stereocenters. The molecular weight excluding hydrogens is 172 g/mol. The van der Waals surface area contributed by atoms with E-state index in [2.05, 4.69) is 17.9 Å². The zero-order chi connectivity index (χ0) is 7.11. The molecule has 0 saturated carbocycles. The number of hydrogen-bond acceptors (Lipinski definition) is 3. The molecule has 5 heteroatoms. The van der Waals surface area contributed by atoms with Gasteiger partial charge in [-0.1, -0.05) is 0 Å². The summed E-state index contributed by atoms with van der Waals surface area (Å²) >= 11 is 3.92. The first-order valence-corrected chi connectivity index (χ1v) is 3.52. The molecule has 0 saturated heterocycles. The van der Waals surface area contributed by atoms with E-state index in [9.17, 15) is 4.79 Å². The molecule has 0 spiro atoms. The van der Waals surface area contributed by atoms with E-state index in [4.69, 9.17) is 5.73 Å². The Hall–Kier alpha value is 0.0700. The molecule has 0 rings (SSSR count). The first-order valence-electron chi connectivity index (χ1n) is 2.89. The van der Waals surface area contributed by atoms with E-state index in [0.717, 1.165) is 0 Å². The van der Waals surface area contributed by atoms with Crippen molar-refractivity contribution in [1.29, 1.82) is 0 Å². The Morgan fingerprint density at radius 3 is 2.60 bits per heavy atom. The van der Waals surface area contributed by atoms with Gasteiger partial charge in [-0.3, -0.25) is 4.79 Å². The fourth-order valence-corrected chi connectivity index (χ4v) is 0.527. The third-order valence-electron chi connectivity index (χ3n) is 0.805. The third-order valence-corrected chi connectivity index (χ3v) is 1.03. The maximum Gasteiger partial charge on any atom is 0.221 e. The summed E-state index contributed by atoms with van der Waals surface area (Å²) in [6.07, 6.45) is 0.410. The van der Waals surface area contributed by atoms with Gasteiger partial charge in [0.05, 0.1) is 0 Å². The van der Waals surface area contributed by atoms with Gasteiger partial charge in [0.15, 0.2) is 0 Å². The second kappa shape index (κ2) is 9.07. The molecule has 0 aromatic heterocycles. The fraction of sp³-hybridized carbons (Fsp3) is 0.800. The maximum atomic E-state index is 10.6. The van der Waals surface area contributed by atoms with E-state index in [0.29, 0.717) is 25.3 Å². The van der Waals surface area contributed by atoms with Crippen molar-refractivity contribution in [3.05, 3.63) is 0 Å². The van der Waals surface area contributed by atoms with Gasteiger partial charge in [-0.25, -0.2) is 0 Å². The van der Waals surface area contributed by atoms with E-state index in [1.54, 1.807) is 0 Å². The molecule has 0 aliphatic heterocycles. The average molecular weight is 185 g/mol. The van der Waals surface area contributed by atoms with Gasteiger partial charge in [0.1, 0.15) is 0 Å². The predicted molar refractivity (Wildman–Crippen MR) is 47.8 cm³/mol. The van der Waals surface area contributed by atoms with Crippen LogP contribution in [0.4, 0.5) is 0 Å². The molecule has 3 nitrogen and oxygen atoms in total. The maximum absolute atomic E-state index is 10.6. The van der Waals surface area contributed by atoms with Crippen LogP contribution in [0.2, 0.25) is 0 Å². The minimum Gasteiger partial charge on any atom is -0.355 e. The van der Waals surface area contributed by atoms with Gasteiger partial charge in [-0.15, -0.1) is 12.4 Å². The van der Waals surface area contributed by atoms with Crippen LogP contribution in [0.3, 0.4) is 0 Å². The molecule has 0 fully saturated rings. The van der Waals surface area contributed by atoms with Crippen LogP contribution >= 0.6 is 25.0 Å². The summed E-state index contributed by atoms with van der Waals surface area (Å²) in [5.41, 5.74) is 5.12. The van der Waals surface area contributed by atoms with Gasteiger partial charge in [0.25, 0.3) is 0 Å². The topological polar surface area (TPSA) is 55.1 Å². The molecule has 0 radical (unpaired) electrons. The van der Waals surface area contributed by atoms with Gasteiger partial charge >= 0.3 is 0 Å². The lowest BCUT2D eigenvalue weighted by molar-refractivity contribution is -0.120. The largest absolute Gasteiger partial charge is 0.355 e. The lowest BCUT2D eigenvalue weighted by Gasteiger charge is -1.99. The monoisotopic (exact) mass is 184 g/mol. The molecule has 1 amide bonds. The SMILES string of the molecule is Cl.NCCC(=O)NCCS. The first-order chi connectivity index (χ1) is 4.31. The Morgan fingerprint density at radius 1 is 1.60 bits per heavy atom. The second-order valence-electron chi connectivity index (χ2n) is 1.61. The smallest absolute Gasteiger partial charge is 0.221 e. The summed E-state index contributed by atoms with van der Waals surface area (Å²) in [6, 6.07) is 0. The molecule has 0 aromatic carbocycles. The van der Waals surface area contributed by atoms with Crippen LogP contribution in [0.5, 0.6) is 0 Å². The number of thiol groups is 1. The quantitative estimate of drug-likeness (QED) is 0.531. The Kier molecular flexibility index (Phi) is 11.5. The minimum atomic E-state index is 0. The van der Waals surface area contributed by atoms with Crippen LogP contribution in [-0.2, 0) is 4.79 Å². The van der Waals surface area contributed by atoms with E-state index in [1.165, 1.54) is 0 Å². The van der Waals surface area contributed by atoms with Crippen LogP contribution in [0, 0.1) is 0 Å². The van der Waals surface area contributed by atoms with Crippen molar-refractivity contribution >= 4 is 30.9 Å². The van der Waals surface area contributed by atoms with Crippen molar-refractivity contribution in [2.24, 2.45) is 5.73 Å². The number of halogens is 1. The average Bonchev–Trinajstić information content (AvgIpc) is 1.85. The van der Waals surface area contributed by atoms with Crippen LogP contribution in [0.1, 0.15) is 6.42 Å². The molecule has 0 aliphatic rings. The summed E-state index contributed by atoms with van der Waals surface area (Å²) in [7, 11) is 0. The lowest BCUT2D eigenvalue weighted by atomic mass is 10.4. The first kappa shape index (κ1) is 12.7. The molecule has 62 valence electrons. The Labute approximate surface area is 72.6 Å². The van der Waals surface area contributed by atoms with Gasteiger partial charge in [-0.05, 0) is 0 Å². The normalized spacial score (nSPS) is 8.20. The highest BCUT2D eigenvalue weighted by molar-refractivity contribution is 7.80. The number of carbonyl (C=O) groups is 1. The van der Waals surface area contributed by atoms with Crippen molar-refractivity contribution < 1.29 is 4.79 Å². The summed E-state index contributed by atoms with van der Waals surface area (Å²) in [5.74, 6) is 0.683. The second-order valence-corrected chi connectivity index (χ2v) is 2.06. The molecule has 0 aromatic rings. The van der Waals surface area contributed by atoms with Gasteiger partial charge in [0, 0.05) is 25.3 Å². The molecular formula is C5H13ClN2OS. The van der Waals surface area contributed by atoms with Crippen LogP contribution < -0.4 is 11.1 Å². The summed E-state index contributed by atoms with van der Waals surface area (Å²) < 4.78 is 0. The molecule has 0 aliphatic carbocycles. The van der Waals surface area contributed by atoms with Gasteiger partial charge in [-0.2, -0.15) is 12.6 Å². The van der Waals surface area contributed by atoms with Gasteiger partial charge in [0.2, 0.25) is 5.91 Å². The summed E-state index contributed by atoms with van der Waals surface area (Å²) in [4.78, 5) is 10.6. The van der Waals surface area contributed by atoms with E-state index in [-0.39, 0.29) is 18.3 Å². The highest BCUT2D eigenvalue weighted by Gasteiger charge is 1.94. The number of carbonyl (C=O) groups excluding carboxylic acids is 1. The van der Waals surface area contributed by atoms with Gasteiger partial charge < -0.3 is 11.1 Å². The Bertz CT molecular complexity index is 91.7. The number of nitrogens with two attached hydrogens (primary N) is 1. The summed E-state index contributed by atoms with van der Waals surface area (Å²) in [6.45, 7) is 1.04. The van der Waals surface area contributed by atoms with E-state index in [1.807, 2.05) is 0 Å². The standard InChI is InChI=1S/C5H12N2OS.ClH/c6-2-1-5(8)7-3-4-9;/h9H,1-4,6H2,(H,7,8);1H. The van der Waals surface area contributed by atoms with Crippen molar-refractivity contribution in [1.82, 2.24) is 5.32 Å². The van der Waals surface area contributed by atoms with E-state index >= 15 is 0 Å². The number of hydrogen-bond donors (Lipinski definition) is 3.